The Hall–Kier alpha value is -6.11. The summed E-state index contributed by atoms with van der Waals surface area (Å²) < 4.78 is 2.46. The van der Waals surface area contributed by atoms with E-state index in [0.29, 0.717) is 0 Å². The highest BCUT2D eigenvalue weighted by Gasteiger charge is 2.52. The van der Waals surface area contributed by atoms with Crippen LogP contribution in [0.4, 0.5) is 17.1 Å². The number of hydrogen-bond acceptors (Lipinski definition) is 3. The standard InChI is InChI=1S/C43H32N6/c1-26-11-6-22-37-39(26)40-29(30-15-8-16-31-32-17-10-24-44-42(32)46-41(30)31)14-9-23-38(40)47(37)27-12-7-13-28(25-27)48-35-20-4-5-21-36(35)49-34-19-3-2-18-33(34)45-43(48)49/h2-25,35-36,43,45H,1H3,(H,44,46)/p+1. The molecule has 3 unspecified atom stereocenters. The smallest absolute Gasteiger partial charge is 0.249 e. The summed E-state index contributed by atoms with van der Waals surface area (Å²) in [5.74, 6) is 0. The third-order valence-electron chi connectivity index (χ3n) is 10.9. The average molecular weight is 634 g/mol. The van der Waals surface area contributed by atoms with Crippen LogP contribution in [-0.2, 0) is 0 Å². The number of quaternary nitrogens is 1. The van der Waals surface area contributed by atoms with Crippen molar-refractivity contribution in [3.05, 3.63) is 151 Å². The van der Waals surface area contributed by atoms with E-state index >= 15 is 0 Å². The number of H-pyrrole nitrogens is 1. The quantitative estimate of drug-likeness (QED) is 0.192. The van der Waals surface area contributed by atoms with Crippen molar-refractivity contribution in [1.29, 1.82) is 0 Å². The van der Waals surface area contributed by atoms with Crippen LogP contribution in [0, 0.1) is 6.92 Å². The Morgan fingerprint density at radius 2 is 1.39 bits per heavy atom. The molecule has 1 saturated heterocycles. The summed E-state index contributed by atoms with van der Waals surface area (Å²) in [6.07, 6.45) is 11.1. The maximum atomic E-state index is 4.64. The van der Waals surface area contributed by atoms with Crippen LogP contribution < -0.4 is 15.1 Å². The number of aryl methyl sites for hydroxylation is 1. The van der Waals surface area contributed by atoms with Crippen molar-refractivity contribution in [2.45, 2.75) is 25.3 Å². The Morgan fingerprint density at radius 1 is 0.653 bits per heavy atom. The minimum atomic E-state index is 0.147. The number of nitrogens with two attached hydrogens (primary N) is 1. The zero-order valence-corrected chi connectivity index (χ0v) is 27.0. The van der Waals surface area contributed by atoms with Gasteiger partial charge in [-0.15, -0.1) is 0 Å². The van der Waals surface area contributed by atoms with Gasteiger partial charge < -0.3 is 9.55 Å². The van der Waals surface area contributed by atoms with Gasteiger partial charge in [0.2, 0.25) is 6.29 Å². The molecule has 6 nitrogen and oxygen atoms in total. The van der Waals surface area contributed by atoms with Gasteiger partial charge in [0.1, 0.15) is 11.3 Å². The van der Waals surface area contributed by atoms with Gasteiger partial charge >= 0.3 is 0 Å². The SMILES string of the molecule is Cc1cccc2c1c1c(-c3cccc4c3[nH]c3ncccc34)cccc1n2-c1cccc(N2C3C=CC=CC3N3c4ccccc4[NH2+]C23)c1. The fourth-order valence-corrected chi connectivity index (χ4v) is 8.95. The fourth-order valence-electron chi connectivity index (χ4n) is 8.95. The number of anilines is 2. The molecule has 3 atom stereocenters. The Kier molecular flexibility index (Phi) is 5.46. The van der Waals surface area contributed by atoms with Crippen LogP contribution in [0.3, 0.4) is 0 Å². The van der Waals surface area contributed by atoms with E-state index in [1.807, 2.05) is 12.3 Å². The molecule has 3 aliphatic rings. The molecular weight excluding hydrogens is 601 g/mol. The van der Waals surface area contributed by atoms with E-state index in [9.17, 15) is 0 Å². The van der Waals surface area contributed by atoms with E-state index in [0.717, 1.165) is 22.2 Å². The molecule has 0 bridgehead atoms. The predicted octanol–water partition coefficient (Wildman–Crippen LogP) is 8.47. The topological polar surface area (TPSA) is 56.7 Å². The molecule has 5 heterocycles. The highest BCUT2D eigenvalue weighted by atomic mass is 15.6. The van der Waals surface area contributed by atoms with Crippen LogP contribution in [0.1, 0.15) is 5.56 Å². The maximum absolute atomic E-state index is 4.64. The Balaban J connectivity index is 1.12. The number of aromatic amines is 1. The highest BCUT2D eigenvalue weighted by molar-refractivity contribution is 6.20. The molecule has 0 radical (unpaired) electrons. The van der Waals surface area contributed by atoms with E-state index in [1.165, 1.54) is 60.9 Å². The van der Waals surface area contributed by atoms with Crippen molar-refractivity contribution < 1.29 is 5.32 Å². The molecule has 11 rings (SSSR count). The molecule has 2 aliphatic heterocycles. The van der Waals surface area contributed by atoms with Crippen LogP contribution >= 0.6 is 0 Å². The zero-order chi connectivity index (χ0) is 32.2. The van der Waals surface area contributed by atoms with Crippen LogP contribution in [0.2, 0.25) is 0 Å². The molecule has 0 spiro atoms. The van der Waals surface area contributed by atoms with Crippen molar-refractivity contribution in [1.82, 2.24) is 14.5 Å². The van der Waals surface area contributed by atoms with Gasteiger partial charge in [-0.2, -0.15) is 0 Å². The van der Waals surface area contributed by atoms with E-state index in [1.54, 1.807) is 0 Å². The minimum absolute atomic E-state index is 0.147. The van der Waals surface area contributed by atoms with Gasteiger partial charge in [0.25, 0.3) is 0 Å². The third-order valence-corrected chi connectivity index (χ3v) is 10.9. The molecule has 1 fully saturated rings. The lowest BCUT2D eigenvalue weighted by molar-refractivity contribution is -0.597. The Labute approximate surface area is 283 Å². The second-order valence-electron chi connectivity index (χ2n) is 13.5. The van der Waals surface area contributed by atoms with Gasteiger partial charge in [-0.1, -0.05) is 85.0 Å². The maximum Gasteiger partial charge on any atom is 0.249 e. The zero-order valence-electron chi connectivity index (χ0n) is 27.0. The third kappa shape index (κ3) is 3.66. The number of para-hydroxylation sites is 3. The summed E-state index contributed by atoms with van der Waals surface area (Å²) in [5.41, 5.74) is 13.1. The van der Waals surface area contributed by atoms with E-state index < -0.39 is 0 Å². The first-order valence-corrected chi connectivity index (χ1v) is 17.1. The molecular formula is C43H33N6+. The monoisotopic (exact) mass is 633 g/mol. The van der Waals surface area contributed by atoms with E-state index in [-0.39, 0.29) is 18.4 Å². The molecule has 0 saturated carbocycles. The van der Waals surface area contributed by atoms with Gasteiger partial charge in [-0.3, -0.25) is 15.1 Å². The summed E-state index contributed by atoms with van der Waals surface area (Å²) in [7, 11) is 0. The summed E-state index contributed by atoms with van der Waals surface area (Å²) in [6.45, 7) is 2.24. The van der Waals surface area contributed by atoms with E-state index in [2.05, 4.69) is 170 Å². The molecule has 3 N–H and O–H groups in total. The van der Waals surface area contributed by atoms with Gasteiger partial charge in [-0.05, 0) is 66.6 Å². The lowest BCUT2D eigenvalue weighted by atomic mass is 9.96. The molecule has 49 heavy (non-hydrogen) atoms. The number of fused-ring (bicyclic) bond motifs is 11. The number of rotatable bonds is 3. The molecule has 234 valence electrons. The minimum Gasteiger partial charge on any atom is -0.339 e. The number of nitrogens with one attached hydrogen (secondary N) is 1. The molecule has 1 aliphatic carbocycles. The van der Waals surface area contributed by atoms with Gasteiger partial charge in [-0.25, -0.2) is 4.98 Å². The second kappa shape index (κ2) is 9.95. The number of nitrogens with zero attached hydrogens (tertiary/aromatic N) is 4. The van der Waals surface area contributed by atoms with Crippen LogP contribution in [0.15, 0.2) is 146 Å². The Morgan fingerprint density at radius 3 is 2.31 bits per heavy atom. The lowest BCUT2D eigenvalue weighted by Gasteiger charge is -2.28. The summed E-state index contributed by atoms with van der Waals surface area (Å²) in [4.78, 5) is 13.5. The van der Waals surface area contributed by atoms with E-state index in [4.69, 9.17) is 0 Å². The first-order valence-electron chi connectivity index (χ1n) is 17.1. The number of hydrogen-bond donors (Lipinski definition) is 2. The molecule has 6 heteroatoms. The first kappa shape index (κ1) is 26.9. The highest BCUT2D eigenvalue weighted by Crippen LogP contribution is 2.45. The Bertz CT molecular complexity index is 2710. The van der Waals surface area contributed by atoms with Crippen LogP contribution in [0.25, 0.3) is 60.6 Å². The summed E-state index contributed by atoms with van der Waals surface area (Å²) in [6, 6.07) is 42.7. The average Bonchev–Trinajstić information content (AvgIpc) is 3.89. The molecule has 8 aromatic rings. The van der Waals surface area contributed by atoms with Crippen molar-refractivity contribution in [3.63, 3.8) is 0 Å². The number of benzene rings is 5. The fraction of sp³-hybridized carbons (Fsp3) is 0.0930. The number of allylic oxidation sites excluding steroid dienone is 2. The van der Waals surface area contributed by atoms with Crippen LogP contribution in [0.5, 0.6) is 0 Å². The van der Waals surface area contributed by atoms with Crippen molar-refractivity contribution >= 4 is 60.8 Å². The first-order chi connectivity index (χ1) is 24.2. The number of aromatic nitrogens is 3. The normalized spacial score (nSPS) is 19.4. The van der Waals surface area contributed by atoms with Crippen LogP contribution in [-0.4, -0.2) is 32.9 Å². The molecule has 3 aromatic heterocycles. The van der Waals surface area contributed by atoms with Crippen molar-refractivity contribution in [2.75, 3.05) is 9.80 Å². The predicted molar refractivity (Wildman–Crippen MR) is 201 cm³/mol. The summed E-state index contributed by atoms with van der Waals surface area (Å²) >= 11 is 0. The van der Waals surface area contributed by atoms with Crippen molar-refractivity contribution in [2.24, 2.45) is 0 Å². The number of pyridine rings is 1. The van der Waals surface area contributed by atoms with Gasteiger partial charge in [0, 0.05) is 50.7 Å². The van der Waals surface area contributed by atoms with Gasteiger partial charge in [0.05, 0.1) is 28.6 Å². The molecule has 5 aromatic carbocycles. The van der Waals surface area contributed by atoms with Crippen molar-refractivity contribution in [3.8, 4) is 16.8 Å². The second-order valence-corrected chi connectivity index (χ2v) is 13.5. The molecule has 0 amide bonds. The largest absolute Gasteiger partial charge is 0.339 e. The lowest BCUT2D eigenvalue weighted by Crippen LogP contribution is -2.88. The summed E-state index contributed by atoms with van der Waals surface area (Å²) in [5, 5.41) is 7.33. The van der Waals surface area contributed by atoms with Gasteiger partial charge in [0.15, 0.2) is 5.69 Å².